The molecule has 4 aliphatic rings. The molecule has 2 aromatic carbocycles. The van der Waals surface area contributed by atoms with Crippen molar-refractivity contribution in [2.24, 2.45) is 0 Å². The average molecular weight is 735 g/mol. The van der Waals surface area contributed by atoms with Crippen LogP contribution < -0.4 is 0 Å². The van der Waals surface area contributed by atoms with Crippen LogP contribution in [-0.4, -0.2) is 19.5 Å². The van der Waals surface area contributed by atoms with Gasteiger partial charge in [0, 0.05) is 63.7 Å². The van der Waals surface area contributed by atoms with Gasteiger partial charge in [0.05, 0.1) is 38.4 Å². The molecule has 0 radical (unpaired) electrons. The number of benzene rings is 2. The second-order valence-electron chi connectivity index (χ2n) is 12.5. The number of hydrogen-bond acceptors (Lipinski definition) is 8. The van der Waals surface area contributed by atoms with Crippen molar-refractivity contribution in [2.75, 3.05) is 0 Å². The molecule has 8 heteroatoms. The van der Waals surface area contributed by atoms with Gasteiger partial charge in [-0.15, -0.1) is 45.3 Å². The molecule has 46 heavy (non-hydrogen) atoms. The third-order valence-electron chi connectivity index (χ3n) is 10.0. The summed E-state index contributed by atoms with van der Waals surface area (Å²) in [5, 5.41) is 0. The van der Waals surface area contributed by atoms with Gasteiger partial charge in [-0.2, -0.15) is 0 Å². The van der Waals surface area contributed by atoms with Crippen LogP contribution in [0.2, 0.25) is 0 Å². The van der Waals surface area contributed by atoms with Crippen LogP contribution in [0.4, 0.5) is 0 Å². The Kier molecular flexibility index (Phi) is 6.40. The fraction of sp³-hybridized carbons (Fsp3) is 0.158. The SMILES string of the molecule is S=C1C(=Cc2cc3c(s2)-c2sc4c(sc5cc(C=C6C(=S)c7ccccc7C6=S)sc54)c2C32CCCCC2)C(=S)c2ccccc21. The lowest BCUT2D eigenvalue weighted by Crippen LogP contribution is -2.27. The summed E-state index contributed by atoms with van der Waals surface area (Å²) in [6.45, 7) is 0. The highest BCUT2D eigenvalue weighted by Gasteiger charge is 2.48. The van der Waals surface area contributed by atoms with Gasteiger partial charge in [-0.25, -0.2) is 0 Å². The van der Waals surface area contributed by atoms with E-state index in [1.54, 1.807) is 11.1 Å². The van der Waals surface area contributed by atoms with Gasteiger partial charge >= 0.3 is 0 Å². The Balaban J connectivity index is 1.09. The van der Waals surface area contributed by atoms with Gasteiger partial charge in [0.25, 0.3) is 0 Å². The fourth-order valence-electron chi connectivity index (χ4n) is 7.97. The molecule has 0 bridgehead atoms. The van der Waals surface area contributed by atoms with E-state index in [1.165, 1.54) is 70.4 Å². The van der Waals surface area contributed by atoms with Crippen LogP contribution in [0.1, 0.15) is 75.2 Å². The number of rotatable bonds is 2. The summed E-state index contributed by atoms with van der Waals surface area (Å²) in [4.78, 5) is 8.97. The molecule has 4 aromatic heterocycles. The maximum Gasteiger partial charge on any atom is 0.0639 e. The predicted molar refractivity (Wildman–Crippen MR) is 218 cm³/mol. The van der Waals surface area contributed by atoms with Gasteiger partial charge in [0.15, 0.2) is 0 Å². The molecule has 0 atom stereocenters. The van der Waals surface area contributed by atoms with Crippen molar-refractivity contribution in [2.45, 2.75) is 37.5 Å². The van der Waals surface area contributed by atoms with E-state index in [2.05, 4.69) is 60.7 Å². The van der Waals surface area contributed by atoms with E-state index in [9.17, 15) is 0 Å². The summed E-state index contributed by atoms with van der Waals surface area (Å²) < 4.78 is 5.75. The minimum absolute atomic E-state index is 0.111. The van der Waals surface area contributed by atoms with E-state index in [1.807, 2.05) is 57.5 Å². The number of allylic oxidation sites excluding steroid dienone is 2. The second kappa shape index (κ2) is 10.3. The van der Waals surface area contributed by atoms with Gasteiger partial charge in [-0.05, 0) is 42.7 Å². The average Bonchev–Trinajstić information content (AvgIpc) is 3.92. The normalized spacial score (nSPS) is 17.8. The van der Waals surface area contributed by atoms with Crippen molar-refractivity contribution in [3.8, 4) is 9.75 Å². The summed E-state index contributed by atoms with van der Waals surface area (Å²) in [6.07, 6.45) is 10.8. The highest BCUT2D eigenvalue weighted by atomic mass is 32.1. The van der Waals surface area contributed by atoms with E-state index in [-0.39, 0.29) is 5.41 Å². The smallest absolute Gasteiger partial charge is 0.0639 e. The largest absolute Gasteiger partial charge is 0.135 e. The maximum atomic E-state index is 5.93. The summed E-state index contributed by atoms with van der Waals surface area (Å²) in [7, 11) is 0. The molecule has 1 saturated carbocycles. The first-order valence-electron chi connectivity index (χ1n) is 15.4. The first-order valence-corrected chi connectivity index (χ1v) is 20.3. The molecular weight excluding hydrogens is 713 g/mol. The summed E-state index contributed by atoms with van der Waals surface area (Å²) in [5.74, 6) is 0. The molecule has 4 aliphatic carbocycles. The molecule has 4 heterocycles. The third-order valence-corrected chi connectivity index (χ3v) is 16.9. The van der Waals surface area contributed by atoms with Crippen LogP contribution in [0.25, 0.3) is 40.7 Å². The summed E-state index contributed by atoms with van der Waals surface area (Å²) in [6, 6.07) is 21.4. The molecule has 0 N–H and O–H groups in total. The molecule has 222 valence electrons. The van der Waals surface area contributed by atoms with E-state index >= 15 is 0 Å². The standard InChI is InChI=1S/C38H22S8/c39-29-20-8-2-3-9-21(20)30(40)24(29)14-18-16-26-33(43-18)35-28(38(26)12-6-1-7-13-38)36-37(46-35)34-27(45-36)17-19(44-34)15-25-31(41)22-10-4-5-11-23(22)32(25)42/h2-5,8-11,14-17H,1,6-7,12-13H2. The minimum atomic E-state index is 0.111. The van der Waals surface area contributed by atoms with Crippen LogP contribution in [-0.2, 0) is 5.41 Å². The number of thiophene rings is 4. The van der Waals surface area contributed by atoms with Crippen LogP contribution in [0.3, 0.4) is 0 Å². The zero-order valence-corrected chi connectivity index (χ0v) is 30.8. The van der Waals surface area contributed by atoms with Crippen molar-refractivity contribution in [1.29, 1.82) is 0 Å². The van der Waals surface area contributed by atoms with Gasteiger partial charge < -0.3 is 0 Å². The predicted octanol–water partition coefficient (Wildman–Crippen LogP) is 12.5. The zero-order valence-electron chi connectivity index (χ0n) is 24.2. The van der Waals surface area contributed by atoms with E-state index in [4.69, 9.17) is 48.9 Å². The van der Waals surface area contributed by atoms with Crippen LogP contribution >= 0.6 is 94.2 Å². The Labute approximate surface area is 304 Å². The number of hydrogen-bond donors (Lipinski definition) is 0. The van der Waals surface area contributed by atoms with Gasteiger partial charge in [-0.3, -0.25) is 0 Å². The maximum absolute atomic E-state index is 5.93. The van der Waals surface area contributed by atoms with Crippen molar-refractivity contribution in [3.05, 3.63) is 115 Å². The quantitative estimate of drug-likeness (QED) is 0.128. The molecule has 0 saturated heterocycles. The molecule has 0 nitrogen and oxygen atoms in total. The monoisotopic (exact) mass is 734 g/mol. The van der Waals surface area contributed by atoms with Crippen molar-refractivity contribution in [1.82, 2.24) is 0 Å². The first kappa shape index (κ1) is 28.6. The lowest BCUT2D eigenvalue weighted by Gasteiger charge is -2.35. The molecule has 10 rings (SSSR count). The Hall–Kier alpha value is -2.40. The van der Waals surface area contributed by atoms with Crippen LogP contribution in [0.5, 0.6) is 0 Å². The van der Waals surface area contributed by atoms with Gasteiger partial charge in [0.1, 0.15) is 0 Å². The molecule has 0 unspecified atom stereocenters. The Morgan fingerprint density at radius 1 is 0.543 bits per heavy atom. The van der Waals surface area contributed by atoms with Gasteiger partial charge in [0.2, 0.25) is 0 Å². The second-order valence-corrected chi connectivity index (χ2v) is 18.3. The molecule has 0 aliphatic heterocycles. The molecule has 1 spiro atoms. The van der Waals surface area contributed by atoms with E-state index in [0.29, 0.717) is 0 Å². The first-order chi connectivity index (χ1) is 22.4. The highest BCUT2D eigenvalue weighted by Crippen LogP contribution is 2.65. The van der Waals surface area contributed by atoms with Crippen molar-refractivity contribution >= 4 is 145 Å². The summed E-state index contributed by atoms with van der Waals surface area (Å²) >= 11 is 31.4. The number of fused-ring (bicyclic) bond motifs is 11. The van der Waals surface area contributed by atoms with E-state index < -0.39 is 0 Å². The van der Waals surface area contributed by atoms with E-state index in [0.717, 1.165) is 52.9 Å². The zero-order chi connectivity index (χ0) is 30.9. The molecular formula is C38H22S8. The topological polar surface area (TPSA) is 0 Å². The molecule has 1 fully saturated rings. The Bertz CT molecular complexity index is 2400. The van der Waals surface area contributed by atoms with Crippen LogP contribution in [0, 0.1) is 0 Å². The minimum Gasteiger partial charge on any atom is -0.135 e. The molecule has 6 aromatic rings. The third kappa shape index (κ3) is 3.84. The highest BCUT2D eigenvalue weighted by molar-refractivity contribution is 7.84. The Morgan fingerprint density at radius 2 is 1.09 bits per heavy atom. The lowest BCUT2D eigenvalue weighted by molar-refractivity contribution is 0.356. The molecule has 0 amide bonds. The Morgan fingerprint density at radius 3 is 1.65 bits per heavy atom. The number of thiocarbonyl (C=S) groups is 4. The van der Waals surface area contributed by atoms with Crippen LogP contribution in [0.15, 0.2) is 71.8 Å². The fourth-order valence-corrected chi connectivity index (χ4v) is 15.2. The summed E-state index contributed by atoms with van der Waals surface area (Å²) in [5.41, 5.74) is 9.69. The van der Waals surface area contributed by atoms with Gasteiger partial charge in [-0.1, -0.05) is 117 Å². The van der Waals surface area contributed by atoms with Crippen molar-refractivity contribution < 1.29 is 0 Å². The lowest BCUT2D eigenvalue weighted by atomic mass is 9.68. The van der Waals surface area contributed by atoms with Crippen molar-refractivity contribution in [3.63, 3.8) is 0 Å².